The standard InChI is InChI=1S/C14H21ClN2O/c1-10-6-7-17(9-14(10)18-2)8-11-12(15)4-3-5-13(11)16/h3-5,10,14H,6-9,16H2,1-2H3. The molecule has 2 atom stereocenters. The fourth-order valence-corrected chi connectivity index (χ4v) is 2.76. The third-order valence-electron chi connectivity index (χ3n) is 3.81. The molecule has 1 aliphatic rings. The van der Waals surface area contributed by atoms with Gasteiger partial charge in [-0.05, 0) is 31.0 Å². The summed E-state index contributed by atoms with van der Waals surface area (Å²) in [6.07, 6.45) is 1.46. The monoisotopic (exact) mass is 268 g/mol. The fourth-order valence-electron chi connectivity index (χ4n) is 2.51. The zero-order valence-electron chi connectivity index (χ0n) is 11.0. The molecule has 1 heterocycles. The van der Waals surface area contributed by atoms with Crippen LogP contribution in [0.3, 0.4) is 0 Å². The molecule has 2 N–H and O–H groups in total. The SMILES string of the molecule is COC1CN(Cc2c(N)cccc2Cl)CCC1C. The minimum Gasteiger partial charge on any atom is -0.398 e. The van der Waals surface area contributed by atoms with Crippen molar-refractivity contribution in [1.29, 1.82) is 0 Å². The van der Waals surface area contributed by atoms with E-state index < -0.39 is 0 Å². The summed E-state index contributed by atoms with van der Waals surface area (Å²) in [4.78, 5) is 2.37. The summed E-state index contributed by atoms with van der Waals surface area (Å²) in [6.45, 7) is 5.07. The van der Waals surface area contributed by atoms with Crippen molar-refractivity contribution in [3.63, 3.8) is 0 Å². The maximum absolute atomic E-state index is 6.21. The summed E-state index contributed by atoms with van der Waals surface area (Å²) in [6, 6.07) is 5.69. The van der Waals surface area contributed by atoms with Crippen LogP contribution in [0.4, 0.5) is 5.69 Å². The molecule has 0 aromatic heterocycles. The first-order valence-electron chi connectivity index (χ1n) is 6.40. The van der Waals surface area contributed by atoms with Crippen LogP contribution in [0.25, 0.3) is 0 Å². The van der Waals surface area contributed by atoms with Crippen molar-refractivity contribution < 1.29 is 4.74 Å². The number of anilines is 1. The Labute approximate surface area is 114 Å². The largest absolute Gasteiger partial charge is 0.398 e. The van der Waals surface area contributed by atoms with Crippen molar-refractivity contribution in [2.45, 2.75) is 26.0 Å². The van der Waals surface area contributed by atoms with E-state index in [1.54, 1.807) is 7.11 Å². The van der Waals surface area contributed by atoms with Crippen LogP contribution in [0.5, 0.6) is 0 Å². The second-order valence-corrected chi connectivity index (χ2v) is 5.49. The average molecular weight is 269 g/mol. The van der Waals surface area contributed by atoms with Gasteiger partial charge in [0, 0.05) is 36.5 Å². The molecule has 0 radical (unpaired) electrons. The number of nitrogens with zero attached hydrogens (tertiary/aromatic N) is 1. The fraction of sp³-hybridized carbons (Fsp3) is 0.571. The number of piperidine rings is 1. The minimum atomic E-state index is 0.308. The Kier molecular flexibility index (Phi) is 4.49. The molecule has 1 fully saturated rings. The van der Waals surface area contributed by atoms with E-state index in [4.69, 9.17) is 22.1 Å². The quantitative estimate of drug-likeness (QED) is 0.857. The van der Waals surface area contributed by atoms with Gasteiger partial charge < -0.3 is 10.5 Å². The number of likely N-dealkylation sites (tertiary alicyclic amines) is 1. The molecule has 4 heteroatoms. The zero-order chi connectivity index (χ0) is 13.1. The normalized spacial score (nSPS) is 25.3. The van der Waals surface area contributed by atoms with Crippen molar-refractivity contribution in [3.05, 3.63) is 28.8 Å². The van der Waals surface area contributed by atoms with E-state index in [1.165, 1.54) is 0 Å². The summed E-state index contributed by atoms with van der Waals surface area (Å²) in [5.41, 5.74) is 7.79. The number of nitrogens with two attached hydrogens (primary N) is 1. The Hall–Kier alpha value is -0.770. The minimum absolute atomic E-state index is 0.308. The highest BCUT2D eigenvalue weighted by atomic mass is 35.5. The summed E-state index contributed by atoms with van der Waals surface area (Å²) < 4.78 is 5.53. The van der Waals surface area contributed by atoms with E-state index in [1.807, 2.05) is 18.2 Å². The van der Waals surface area contributed by atoms with Gasteiger partial charge in [0.2, 0.25) is 0 Å². The van der Waals surface area contributed by atoms with Crippen LogP contribution < -0.4 is 5.73 Å². The molecule has 0 bridgehead atoms. The molecule has 2 unspecified atom stereocenters. The smallest absolute Gasteiger partial charge is 0.0724 e. The van der Waals surface area contributed by atoms with Gasteiger partial charge in [0.05, 0.1) is 6.10 Å². The highest BCUT2D eigenvalue weighted by Crippen LogP contribution is 2.26. The van der Waals surface area contributed by atoms with E-state index in [9.17, 15) is 0 Å². The van der Waals surface area contributed by atoms with Gasteiger partial charge in [-0.3, -0.25) is 4.90 Å². The number of benzene rings is 1. The lowest BCUT2D eigenvalue weighted by Gasteiger charge is -2.36. The van der Waals surface area contributed by atoms with Gasteiger partial charge in [-0.1, -0.05) is 24.6 Å². The number of hydrogen-bond acceptors (Lipinski definition) is 3. The van der Waals surface area contributed by atoms with Crippen molar-refractivity contribution in [2.75, 3.05) is 25.9 Å². The Bertz CT molecular complexity index is 391. The van der Waals surface area contributed by atoms with Crippen LogP contribution in [0.15, 0.2) is 18.2 Å². The van der Waals surface area contributed by atoms with Crippen molar-refractivity contribution in [1.82, 2.24) is 4.90 Å². The molecule has 0 aliphatic carbocycles. The van der Waals surface area contributed by atoms with E-state index in [-0.39, 0.29) is 0 Å². The Balaban J connectivity index is 2.06. The highest BCUT2D eigenvalue weighted by Gasteiger charge is 2.26. The van der Waals surface area contributed by atoms with Gasteiger partial charge in [0.1, 0.15) is 0 Å². The number of halogens is 1. The van der Waals surface area contributed by atoms with E-state index in [0.717, 1.165) is 42.3 Å². The van der Waals surface area contributed by atoms with E-state index in [2.05, 4.69) is 11.8 Å². The molecule has 2 rings (SSSR count). The third kappa shape index (κ3) is 2.97. The Morgan fingerprint density at radius 2 is 2.28 bits per heavy atom. The van der Waals surface area contributed by atoms with E-state index in [0.29, 0.717) is 12.0 Å². The Morgan fingerprint density at radius 3 is 2.94 bits per heavy atom. The van der Waals surface area contributed by atoms with Crippen molar-refractivity contribution in [3.8, 4) is 0 Å². The van der Waals surface area contributed by atoms with Crippen LogP contribution >= 0.6 is 11.6 Å². The van der Waals surface area contributed by atoms with Gasteiger partial charge in [-0.15, -0.1) is 0 Å². The Morgan fingerprint density at radius 1 is 1.50 bits per heavy atom. The van der Waals surface area contributed by atoms with Crippen molar-refractivity contribution >= 4 is 17.3 Å². The maximum atomic E-state index is 6.21. The molecular formula is C14H21ClN2O. The first-order valence-corrected chi connectivity index (χ1v) is 6.77. The number of hydrogen-bond donors (Lipinski definition) is 1. The average Bonchev–Trinajstić information content (AvgIpc) is 2.36. The molecule has 100 valence electrons. The predicted molar refractivity (Wildman–Crippen MR) is 75.7 cm³/mol. The number of ether oxygens (including phenoxy) is 1. The molecule has 18 heavy (non-hydrogen) atoms. The van der Waals surface area contributed by atoms with Crippen LogP contribution in [0.2, 0.25) is 5.02 Å². The summed E-state index contributed by atoms with van der Waals surface area (Å²) in [5.74, 6) is 0.620. The van der Waals surface area contributed by atoms with Crippen LogP contribution in [-0.4, -0.2) is 31.2 Å². The summed E-state index contributed by atoms with van der Waals surface area (Å²) in [7, 11) is 1.79. The van der Waals surface area contributed by atoms with Gasteiger partial charge in [0.25, 0.3) is 0 Å². The molecule has 0 saturated carbocycles. The second-order valence-electron chi connectivity index (χ2n) is 5.08. The second kappa shape index (κ2) is 5.91. The molecule has 1 aliphatic heterocycles. The number of rotatable bonds is 3. The molecular weight excluding hydrogens is 248 g/mol. The third-order valence-corrected chi connectivity index (χ3v) is 4.17. The lowest BCUT2D eigenvalue weighted by molar-refractivity contribution is -0.00738. The molecule has 1 saturated heterocycles. The summed E-state index contributed by atoms with van der Waals surface area (Å²) in [5, 5.41) is 0.752. The van der Waals surface area contributed by atoms with Gasteiger partial charge in [0.15, 0.2) is 0 Å². The molecule has 1 aromatic carbocycles. The van der Waals surface area contributed by atoms with Crippen LogP contribution in [0.1, 0.15) is 18.9 Å². The lowest BCUT2D eigenvalue weighted by atomic mass is 9.95. The van der Waals surface area contributed by atoms with Gasteiger partial charge >= 0.3 is 0 Å². The first kappa shape index (κ1) is 13.7. The van der Waals surface area contributed by atoms with Crippen LogP contribution in [-0.2, 0) is 11.3 Å². The van der Waals surface area contributed by atoms with E-state index >= 15 is 0 Å². The van der Waals surface area contributed by atoms with Gasteiger partial charge in [-0.2, -0.15) is 0 Å². The van der Waals surface area contributed by atoms with Crippen LogP contribution in [0, 0.1) is 5.92 Å². The number of methoxy groups -OCH3 is 1. The number of nitrogen functional groups attached to an aromatic ring is 1. The molecule has 3 nitrogen and oxygen atoms in total. The van der Waals surface area contributed by atoms with Gasteiger partial charge in [-0.25, -0.2) is 0 Å². The molecule has 0 amide bonds. The summed E-state index contributed by atoms with van der Waals surface area (Å²) >= 11 is 6.21. The topological polar surface area (TPSA) is 38.5 Å². The zero-order valence-corrected chi connectivity index (χ0v) is 11.8. The predicted octanol–water partition coefficient (Wildman–Crippen LogP) is 2.78. The lowest BCUT2D eigenvalue weighted by Crippen LogP contribution is -2.43. The first-order chi connectivity index (χ1) is 8.61. The highest BCUT2D eigenvalue weighted by molar-refractivity contribution is 6.31. The molecule has 0 spiro atoms. The maximum Gasteiger partial charge on any atom is 0.0724 e. The van der Waals surface area contributed by atoms with Crippen molar-refractivity contribution in [2.24, 2.45) is 5.92 Å². The molecule has 1 aromatic rings.